The van der Waals surface area contributed by atoms with E-state index in [0.29, 0.717) is 11.8 Å². The number of rotatable bonds is 2. The van der Waals surface area contributed by atoms with Crippen LogP contribution in [-0.4, -0.2) is 45.3 Å². The van der Waals surface area contributed by atoms with E-state index in [1.807, 2.05) is 6.92 Å². The summed E-state index contributed by atoms with van der Waals surface area (Å²) in [6.45, 7) is 10.8. The van der Waals surface area contributed by atoms with Crippen molar-refractivity contribution in [3.63, 3.8) is 0 Å². The molecule has 24 heavy (non-hydrogen) atoms. The third kappa shape index (κ3) is 2.48. The van der Waals surface area contributed by atoms with Gasteiger partial charge in [-0.1, -0.05) is 20.8 Å². The predicted octanol–water partition coefficient (Wildman–Crippen LogP) is 2.88. The van der Waals surface area contributed by atoms with E-state index in [0.717, 1.165) is 38.5 Å². The van der Waals surface area contributed by atoms with Gasteiger partial charge in [-0.05, 0) is 75.0 Å². The highest BCUT2D eigenvalue weighted by atomic mass is 16.5. The lowest BCUT2D eigenvalue weighted by Crippen LogP contribution is -2.66. The van der Waals surface area contributed by atoms with Crippen molar-refractivity contribution < 1.29 is 20.1 Å². The van der Waals surface area contributed by atoms with Gasteiger partial charge in [0.05, 0.1) is 23.9 Å². The van der Waals surface area contributed by atoms with Gasteiger partial charge in [-0.3, -0.25) is 0 Å². The quantitative estimate of drug-likeness (QED) is 0.723. The van der Waals surface area contributed by atoms with E-state index in [1.165, 1.54) is 0 Å². The molecule has 0 amide bonds. The van der Waals surface area contributed by atoms with Crippen LogP contribution in [0, 0.1) is 22.7 Å². The van der Waals surface area contributed by atoms with E-state index in [9.17, 15) is 15.3 Å². The maximum atomic E-state index is 10.5. The average Bonchev–Trinajstić information content (AvgIpc) is 2.49. The third-order valence-electron chi connectivity index (χ3n) is 8.25. The molecular weight excluding hydrogens is 304 g/mol. The highest BCUT2D eigenvalue weighted by Gasteiger charge is 2.63. The van der Waals surface area contributed by atoms with E-state index < -0.39 is 11.7 Å². The minimum Gasteiger partial charge on any atom is -0.394 e. The van der Waals surface area contributed by atoms with Gasteiger partial charge >= 0.3 is 0 Å². The van der Waals surface area contributed by atoms with Crippen molar-refractivity contribution in [2.45, 2.75) is 96.6 Å². The van der Waals surface area contributed by atoms with Gasteiger partial charge in [0, 0.05) is 0 Å². The van der Waals surface area contributed by atoms with Gasteiger partial charge in [-0.15, -0.1) is 0 Å². The number of fused-ring (bicyclic) bond motifs is 3. The van der Waals surface area contributed by atoms with Crippen LogP contribution in [0.3, 0.4) is 0 Å². The molecule has 0 spiro atoms. The van der Waals surface area contributed by atoms with Crippen molar-refractivity contribution in [1.82, 2.24) is 0 Å². The van der Waals surface area contributed by atoms with Crippen molar-refractivity contribution >= 4 is 0 Å². The Kier molecular flexibility index (Phi) is 4.40. The molecule has 1 saturated heterocycles. The molecule has 2 aliphatic carbocycles. The van der Waals surface area contributed by atoms with Crippen LogP contribution < -0.4 is 0 Å². The zero-order valence-electron chi connectivity index (χ0n) is 16.0. The Morgan fingerprint density at radius 1 is 0.958 bits per heavy atom. The summed E-state index contributed by atoms with van der Waals surface area (Å²) in [5.41, 5.74) is -0.805. The van der Waals surface area contributed by atoms with Crippen molar-refractivity contribution in [2.75, 3.05) is 6.61 Å². The molecule has 2 saturated carbocycles. The Morgan fingerprint density at radius 2 is 1.58 bits per heavy atom. The van der Waals surface area contributed by atoms with Gasteiger partial charge in [0.25, 0.3) is 0 Å². The molecular formula is C20H36O4. The molecule has 3 fully saturated rings. The van der Waals surface area contributed by atoms with Crippen LogP contribution in [-0.2, 0) is 4.74 Å². The van der Waals surface area contributed by atoms with Crippen LogP contribution in [0.2, 0.25) is 0 Å². The molecule has 140 valence electrons. The first kappa shape index (κ1) is 18.6. The molecule has 7 atom stereocenters. The van der Waals surface area contributed by atoms with Crippen molar-refractivity contribution in [3.05, 3.63) is 0 Å². The van der Waals surface area contributed by atoms with Crippen LogP contribution in [0.5, 0.6) is 0 Å². The zero-order valence-corrected chi connectivity index (χ0v) is 16.0. The fourth-order valence-electron chi connectivity index (χ4n) is 6.70. The Morgan fingerprint density at radius 3 is 2.21 bits per heavy atom. The van der Waals surface area contributed by atoms with Crippen molar-refractivity contribution in [2.24, 2.45) is 22.7 Å². The van der Waals surface area contributed by atoms with Gasteiger partial charge in [-0.25, -0.2) is 0 Å². The zero-order chi connectivity index (χ0) is 18.0. The molecule has 1 aliphatic heterocycles. The molecule has 4 heteroatoms. The Labute approximate surface area is 146 Å². The number of aliphatic hydroxyl groups is 3. The smallest absolute Gasteiger partial charge is 0.106 e. The molecule has 0 bridgehead atoms. The summed E-state index contributed by atoms with van der Waals surface area (Å²) in [6.07, 6.45) is 4.68. The van der Waals surface area contributed by atoms with E-state index in [4.69, 9.17) is 4.74 Å². The molecule has 1 heterocycles. The molecule has 4 nitrogen and oxygen atoms in total. The molecule has 0 aromatic carbocycles. The van der Waals surface area contributed by atoms with Gasteiger partial charge in [0.1, 0.15) is 6.10 Å². The Bertz CT molecular complexity index is 492. The maximum Gasteiger partial charge on any atom is 0.106 e. The molecule has 3 rings (SSSR count). The van der Waals surface area contributed by atoms with Gasteiger partial charge in [0.2, 0.25) is 0 Å². The summed E-state index contributed by atoms with van der Waals surface area (Å²) >= 11 is 0. The SMILES string of the molecule is CC1(C)[C@H](O)CC[C@]2(C)[C@@H]1CC[C@]1(C)O[C@@](C)([C@@H](O)CO)CC[C@@H]21. The van der Waals surface area contributed by atoms with Crippen LogP contribution in [0.15, 0.2) is 0 Å². The predicted molar refractivity (Wildman–Crippen MR) is 93.6 cm³/mol. The topological polar surface area (TPSA) is 69.9 Å². The second kappa shape index (κ2) is 5.67. The minimum absolute atomic E-state index is 0.0559. The van der Waals surface area contributed by atoms with Gasteiger partial charge < -0.3 is 20.1 Å². The summed E-state index contributed by atoms with van der Waals surface area (Å²) in [4.78, 5) is 0. The average molecular weight is 341 g/mol. The van der Waals surface area contributed by atoms with Crippen LogP contribution >= 0.6 is 0 Å². The molecule has 0 aromatic rings. The minimum atomic E-state index is -0.828. The molecule has 3 aliphatic rings. The third-order valence-corrected chi connectivity index (χ3v) is 8.25. The summed E-state index contributed by atoms with van der Waals surface area (Å²) in [7, 11) is 0. The maximum absolute atomic E-state index is 10.5. The van der Waals surface area contributed by atoms with Gasteiger partial charge in [-0.2, -0.15) is 0 Å². The Balaban J connectivity index is 1.91. The van der Waals surface area contributed by atoms with Gasteiger partial charge in [0.15, 0.2) is 0 Å². The van der Waals surface area contributed by atoms with E-state index in [-0.39, 0.29) is 29.1 Å². The second-order valence-corrected chi connectivity index (χ2v) is 9.99. The molecule has 0 unspecified atom stereocenters. The van der Waals surface area contributed by atoms with Crippen LogP contribution in [0.4, 0.5) is 0 Å². The fraction of sp³-hybridized carbons (Fsp3) is 1.00. The van der Waals surface area contributed by atoms with Crippen molar-refractivity contribution in [1.29, 1.82) is 0 Å². The lowest BCUT2D eigenvalue weighted by atomic mass is 9.44. The first-order valence-corrected chi connectivity index (χ1v) is 9.67. The molecule has 3 N–H and O–H groups in total. The number of hydrogen-bond acceptors (Lipinski definition) is 4. The fourth-order valence-corrected chi connectivity index (χ4v) is 6.70. The lowest BCUT2D eigenvalue weighted by molar-refractivity contribution is -0.293. The number of aliphatic hydroxyl groups excluding tert-OH is 3. The first-order valence-electron chi connectivity index (χ1n) is 9.67. The standard InChI is InChI=1S/C20H36O4/c1-17(2)13-6-10-19(4)14(18(13,3)9-8-15(17)22)7-11-20(5,24-19)16(23)12-21/h13-16,21-23H,6-12H2,1-5H3/t13-,14+,15-,16+,18-,19+,20-/m1/s1. The highest BCUT2D eigenvalue weighted by molar-refractivity contribution is 5.12. The normalized spacial score (nSPS) is 52.2. The van der Waals surface area contributed by atoms with E-state index in [1.54, 1.807) is 0 Å². The van der Waals surface area contributed by atoms with E-state index >= 15 is 0 Å². The lowest BCUT2D eigenvalue weighted by Gasteiger charge is -2.66. The summed E-state index contributed by atoms with van der Waals surface area (Å²) in [5, 5.41) is 30.2. The van der Waals surface area contributed by atoms with Crippen LogP contribution in [0.1, 0.15) is 73.1 Å². The highest BCUT2D eigenvalue weighted by Crippen LogP contribution is 2.65. The van der Waals surface area contributed by atoms with Crippen LogP contribution in [0.25, 0.3) is 0 Å². The number of hydrogen-bond donors (Lipinski definition) is 3. The second-order valence-electron chi connectivity index (χ2n) is 9.99. The van der Waals surface area contributed by atoms with E-state index in [2.05, 4.69) is 27.7 Å². The number of ether oxygens (including phenoxy) is 1. The summed E-state index contributed by atoms with van der Waals surface area (Å²) in [5.74, 6) is 0.942. The first-order chi connectivity index (χ1) is 11.0. The monoisotopic (exact) mass is 340 g/mol. The Hall–Kier alpha value is -0.160. The molecule has 0 aromatic heterocycles. The van der Waals surface area contributed by atoms with Crippen molar-refractivity contribution in [3.8, 4) is 0 Å². The summed E-state index contributed by atoms with van der Waals surface area (Å²) in [6, 6.07) is 0. The largest absolute Gasteiger partial charge is 0.394 e. The summed E-state index contributed by atoms with van der Waals surface area (Å²) < 4.78 is 6.55. The molecule has 0 radical (unpaired) electrons.